The van der Waals surface area contributed by atoms with Crippen LogP contribution >= 0.6 is 0 Å². The van der Waals surface area contributed by atoms with Crippen LogP contribution in [0.15, 0.2) is 11.1 Å². The van der Waals surface area contributed by atoms with Crippen LogP contribution < -0.4 is 0 Å². The molecule has 24 heavy (non-hydrogen) atoms. The third kappa shape index (κ3) is 2.07. The van der Waals surface area contributed by atoms with Crippen LogP contribution in [-0.4, -0.2) is 28.7 Å². The number of hydrogen-bond acceptors (Lipinski definition) is 3. The van der Waals surface area contributed by atoms with Gasteiger partial charge in [-0.05, 0) is 75.0 Å². The quantitative estimate of drug-likeness (QED) is 0.759. The van der Waals surface area contributed by atoms with E-state index in [1.165, 1.54) is 18.4 Å². The molecule has 0 aromatic heterocycles. The summed E-state index contributed by atoms with van der Waals surface area (Å²) in [5.74, 6) is 2.41. The van der Waals surface area contributed by atoms with E-state index in [4.69, 9.17) is 0 Å². The monoisotopic (exact) mass is 332 g/mol. The predicted molar refractivity (Wildman–Crippen MR) is 93.4 cm³/mol. The van der Waals surface area contributed by atoms with Crippen molar-refractivity contribution in [2.45, 2.75) is 77.7 Å². The lowest BCUT2D eigenvalue weighted by atomic mass is 9.49. The van der Waals surface area contributed by atoms with E-state index in [1.54, 1.807) is 5.57 Å². The van der Waals surface area contributed by atoms with Crippen molar-refractivity contribution >= 4 is 5.78 Å². The molecule has 2 N–H and O–H groups in total. The second kappa shape index (κ2) is 5.67. The zero-order valence-electron chi connectivity index (χ0n) is 15.2. The second-order valence-electron chi connectivity index (χ2n) is 9.24. The Morgan fingerprint density at radius 3 is 2.67 bits per heavy atom. The minimum absolute atomic E-state index is 0.0552. The molecule has 0 radical (unpaired) electrons. The van der Waals surface area contributed by atoms with Crippen molar-refractivity contribution in [2.24, 2.45) is 28.6 Å². The van der Waals surface area contributed by atoms with Gasteiger partial charge in [0, 0.05) is 18.3 Å². The fourth-order valence-corrected chi connectivity index (χ4v) is 7.30. The number of aliphatic hydroxyl groups excluding tert-OH is 2. The Labute approximate surface area is 145 Å². The molecule has 0 heterocycles. The summed E-state index contributed by atoms with van der Waals surface area (Å²) in [4.78, 5) is 11.8. The van der Waals surface area contributed by atoms with E-state index in [-0.39, 0.29) is 17.4 Å². The highest BCUT2D eigenvalue weighted by Crippen LogP contribution is 2.68. The van der Waals surface area contributed by atoms with Gasteiger partial charge in [-0.25, -0.2) is 0 Å². The first-order valence-corrected chi connectivity index (χ1v) is 9.94. The number of Topliss-reactive ketones (excluding diaryl/α,β-unsaturated/α-hetero) is 1. The van der Waals surface area contributed by atoms with E-state index in [0.717, 1.165) is 44.9 Å². The third-order valence-corrected chi connectivity index (χ3v) is 8.71. The van der Waals surface area contributed by atoms with Gasteiger partial charge in [-0.3, -0.25) is 4.79 Å². The van der Waals surface area contributed by atoms with E-state index >= 15 is 0 Å². The van der Waals surface area contributed by atoms with Gasteiger partial charge in [-0.2, -0.15) is 0 Å². The summed E-state index contributed by atoms with van der Waals surface area (Å²) in [7, 11) is 0. The highest BCUT2D eigenvalue weighted by molar-refractivity contribution is 5.82. The van der Waals surface area contributed by atoms with Crippen LogP contribution in [0, 0.1) is 28.6 Å². The molecule has 0 bridgehead atoms. The Morgan fingerprint density at radius 1 is 1.17 bits per heavy atom. The Morgan fingerprint density at radius 2 is 1.96 bits per heavy atom. The van der Waals surface area contributed by atoms with Gasteiger partial charge in [0.1, 0.15) is 5.78 Å². The van der Waals surface area contributed by atoms with Gasteiger partial charge in [0.25, 0.3) is 0 Å². The maximum Gasteiger partial charge on any atom is 0.137 e. The zero-order chi connectivity index (χ0) is 17.1. The van der Waals surface area contributed by atoms with Gasteiger partial charge in [-0.15, -0.1) is 0 Å². The van der Waals surface area contributed by atoms with Crippen molar-refractivity contribution in [3.8, 4) is 0 Å². The number of fused-ring (bicyclic) bond motifs is 4. The Balaban J connectivity index is 1.66. The zero-order valence-corrected chi connectivity index (χ0v) is 15.2. The number of carbonyl (C=O) groups is 1. The average Bonchev–Trinajstić information content (AvgIpc) is 2.87. The smallest absolute Gasteiger partial charge is 0.137 e. The molecule has 4 aliphatic rings. The number of allylic oxidation sites excluding steroid dienone is 2. The van der Waals surface area contributed by atoms with Gasteiger partial charge >= 0.3 is 0 Å². The molecule has 0 saturated heterocycles. The Hall–Kier alpha value is -0.670. The van der Waals surface area contributed by atoms with Crippen molar-refractivity contribution in [1.82, 2.24) is 0 Å². The topological polar surface area (TPSA) is 57.5 Å². The van der Waals surface area contributed by atoms with Crippen molar-refractivity contribution in [3.05, 3.63) is 11.1 Å². The van der Waals surface area contributed by atoms with Crippen LogP contribution in [0.5, 0.6) is 0 Å². The minimum atomic E-state index is -0.445. The normalized spacial score (nSPS) is 46.3. The van der Waals surface area contributed by atoms with E-state index in [0.29, 0.717) is 23.5 Å². The molecule has 0 aromatic rings. The van der Waals surface area contributed by atoms with Crippen molar-refractivity contribution < 1.29 is 15.0 Å². The summed E-state index contributed by atoms with van der Waals surface area (Å²) in [5.41, 5.74) is 2.84. The first-order chi connectivity index (χ1) is 11.4. The molecular formula is C21H32O3. The van der Waals surface area contributed by atoms with E-state index in [9.17, 15) is 15.0 Å². The maximum atomic E-state index is 11.8. The van der Waals surface area contributed by atoms with Crippen molar-refractivity contribution in [2.75, 3.05) is 6.61 Å². The van der Waals surface area contributed by atoms with Gasteiger partial charge in [0.15, 0.2) is 0 Å². The van der Waals surface area contributed by atoms with Gasteiger partial charge in [0.2, 0.25) is 0 Å². The molecule has 0 aliphatic heterocycles. The van der Waals surface area contributed by atoms with Crippen LogP contribution in [0.1, 0.15) is 71.6 Å². The van der Waals surface area contributed by atoms with Crippen molar-refractivity contribution in [1.29, 1.82) is 0 Å². The van der Waals surface area contributed by atoms with Crippen LogP contribution in [-0.2, 0) is 4.79 Å². The summed E-state index contributed by atoms with van der Waals surface area (Å²) < 4.78 is 0. The summed E-state index contributed by atoms with van der Waals surface area (Å²) in [6, 6.07) is 0. The van der Waals surface area contributed by atoms with Gasteiger partial charge in [0.05, 0.1) is 12.7 Å². The Kier molecular flexibility index (Phi) is 3.96. The molecule has 1 unspecified atom stereocenters. The van der Waals surface area contributed by atoms with Gasteiger partial charge < -0.3 is 10.2 Å². The fourth-order valence-electron chi connectivity index (χ4n) is 7.30. The molecule has 4 aliphatic carbocycles. The molecule has 0 spiro atoms. The number of hydrogen-bond donors (Lipinski definition) is 2. The predicted octanol–water partition coefficient (Wildman–Crippen LogP) is 3.63. The summed E-state index contributed by atoms with van der Waals surface area (Å²) in [6.07, 6.45) is 8.72. The largest absolute Gasteiger partial charge is 0.396 e. The second-order valence-corrected chi connectivity index (χ2v) is 9.24. The van der Waals surface area contributed by atoms with Crippen LogP contribution in [0.4, 0.5) is 0 Å². The summed E-state index contributed by atoms with van der Waals surface area (Å²) >= 11 is 0. The fraction of sp³-hybridized carbons (Fsp3) is 0.857. The minimum Gasteiger partial charge on any atom is -0.396 e. The Bertz CT molecular complexity index is 578. The molecule has 134 valence electrons. The molecule has 0 amide bonds. The highest BCUT2D eigenvalue weighted by atomic mass is 16.3. The molecule has 3 nitrogen and oxygen atoms in total. The molecule has 3 heteroatoms. The van der Waals surface area contributed by atoms with E-state index < -0.39 is 6.10 Å². The number of aliphatic hydroxyl groups is 2. The first-order valence-electron chi connectivity index (χ1n) is 9.94. The van der Waals surface area contributed by atoms with E-state index in [2.05, 4.69) is 6.92 Å². The lowest BCUT2D eigenvalue weighted by Crippen LogP contribution is -2.53. The lowest BCUT2D eigenvalue weighted by Gasteiger charge is -2.56. The average molecular weight is 332 g/mol. The first kappa shape index (κ1) is 16.8. The highest BCUT2D eigenvalue weighted by Gasteiger charge is 2.63. The number of carbonyl (C=O) groups excluding carboxylic acids is 1. The van der Waals surface area contributed by atoms with Crippen LogP contribution in [0.25, 0.3) is 0 Å². The van der Waals surface area contributed by atoms with E-state index in [1.807, 2.05) is 6.92 Å². The molecule has 6 atom stereocenters. The third-order valence-electron chi connectivity index (χ3n) is 8.71. The molecule has 2 saturated carbocycles. The molecular weight excluding hydrogens is 300 g/mol. The van der Waals surface area contributed by atoms with Crippen LogP contribution in [0.2, 0.25) is 0 Å². The molecule has 0 aromatic carbocycles. The standard InChI is InChI=1S/C21H32O3/c1-13(23)21(12-22)10-8-19-18-5-3-14-11-15(24)4-6-16(14)17(18)7-9-20(19,21)2/h13,17-19,22-23H,3-12H2,1-2H3/t13?,17-,18-,19+,20+,21+/m1/s1. The summed E-state index contributed by atoms with van der Waals surface area (Å²) in [5, 5.41) is 20.7. The molecule has 2 fully saturated rings. The summed E-state index contributed by atoms with van der Waals surface area (Å²) in [6.45, 7) is 4.33. The lowest BCUT2D eigenvalue weighted by molar-refractivity contribution is -0.123. The molecule has 4 rings (SSSR count). The van der Waals surface area contributed by atoms with Gasteiger partial charge in [-0.1, -0.05) is 18.1 Å². The SMILES string of the molecule is CC(O)[C@@]1(CO)CC[C@H]2[C@@H]3CCC4=C(CCC(=O)C4)[C@H]3CC[C@@]21C. The number of rotatable bonds is 2. The maximum absolute atomic E-state index is 11.8. The number of ketones is 1. The van der Waals surface area contributed by atoms with Crippen LogP contribution in [0.3, 0.4) is 0 Å². The van der Waals surface area contributed by atoms with Crippen molar-refractivity contribution in [3.63, 3.8) is 0 Å².